The molecule has 21 heavy (non-hydrogen) atoms. The molecule has 0 amide bonds. The Balaban J connectivity index is 2.13. The standard InChI is InChI=1S/C14H16N2O4S/c1-3-19-12-6-8-13(9-7-12)21(17,18)16-15-11(2)14-5-4-10-20-14/h4-10,16H,3H2,1-2H3/b15-11-. The van der Waals surface area contributed by atoms with E-state index < -0.39 is 10.0 Å². The summed E-state index contributed by atoms with van der Waals surface area (Å²) < 4.78 is 34.6. The summed E-state index contributed by atoms with van der Waals surface area (Å²) in [6.45, 7) is 4.04. The van der Waals surface area contributed by atoms with Gasteiger partial charge in [0, 0.05) is 0 Å². The fourth-order valence-corrected chi connectivity index (χ4v) is 2.46. The number of hydrogen-bond acceptors (Lipinski definition) is 5. The van der Waals surface area contributed by atoms with Crippen molar-refractivity contribution >= 4 is 15.7 Å². The predicted octanol–water partition coefficient (Wildman–Crippen LogP) is 2.38. The van der Waals surface area contributed by atoms with E-state index in [0.717, 1.165) is 0 Å². The molecule has 0 aliphatic carbocycles. The van der Waals surface area contributed by atoms with Crippen LogP contribution in [0.25, 0.3) is 0 Å². The van der Waals surface area contributed by atoms with Crippen molar-refractivity contribution in [3.63, 3.8) is 0 Å². The molecular weight excluding hydrogens is 292 g/mol. The molecule has 0 fully saturated rings. The van der Waals surface area contributed by atoms with Crippen LogP contribution in [0, 0.1) is 0 Å². The number of rotatable bonds is 6. The molecule has 1 aromatic carbocycles. The van der Waals surface area contributed by atoms with Gasteiger partial charge in [0.15, 0.2) is 0 Å². The molecule has 1 heterocycles. The van der Waals surface area contributed by atoms with E-state index in [1.807, 2.05) is 6.92 Å². The Bertz CT molecular complexity index is 704. The van der Waals surface area contributed by atoms with Gasteiger partial charge in [0.2, 0.25) is 0 Å². The number of hydrogen-bond donors (Lipinski definition) is 1. The summed E-state index contributed by atoms with van der Waals surface area (Å²) in [5.41, 5.74) is 0.439. The third-order valence-electron chi connectivity index (χ3n) is 2.66. The third kappa shape index (κ3) is 3.85. The van der Waals surface area contributed by atoms with Gasteiger partial charge < -0.3 is 9.15 Å². The number of benzene rings is 1. The van der Waals surface area contributed by atoms with E-state index in [1.165, 1.54) is 18.4 Å². The van der Waals surface area contributed by atoms with Crippen molar-refractivity contribution in [3.8, 4) is 5.75 Å². The fourth-order valence-electron chi connectivity index (χ4n) is 1.60. The van der Waals surface area contributed by atoms with Gasteiger partial charge in [-0.05, 0) is 50.2 Å². The highest BCUT2D eigenvalue weighted by molar-refractivity contribution is 7.89. The molecule has 112 valence electrons. The summed E-state index contributed by atoms with van der Waals surface area (Å²) in [4.78, 5) is 2.29. The molecular formula is C14H16N2O4S. The van der Waals surface area contributed by atoms with E-state index >= 15 is 0 Å². The molecule has 6 nitrogen and oxygen atoms in total. The lowest BCUT2D eigenvalue weighted by Crippen LogP contribution is -2.19. The van der Waals surface area contributed by atoms with Crippen LogP contribution < -0.4 is 9.57 Å². The molecule has 0 atom stereocenters. The number of ether oxygens (including phenoxy) is 1. The number of furan rings is 1. The number of hydrazone groups is 1. The maximum Gasteiger partial charge on any atom is 0.276 e. The first kappa shape index (κ1) is 15.1. The smallest absolute Gasteiger partial charge is 0.276 e. The van der Waals surface area contributed by atoms with Crippen LogP contribution in [0.3, 0.4) is 0 Å². The molecule has 0 aliphatic heterocycles. The molecule has 2 aromatic rings. The fraction of sp³-hybridized carbons (Fsp3) is 0.214. The van der Waals surface area contributed by atoms with Crippen molar-refractivity contribution in [2.45, 2.75) is 18.7 Å². The maximum atomic E-state index is 12.1. The Morgan fingerprint density at radius 2 is 2.00 bits per heavy atom. The average Bonchev–Trinajstić information content (AvgIpc) is 3.00. The molecule has 7 heteroatoms. The van der Waals surface area contributed by atoms with Crippen LogP contribution in [-0.4, -0.2) is 20.7 Å². The first-order valence-corrected chi connectivity index (χ1v) is 7.84. The SMILES string of the molecule is CCOc1ccc(S(=O)(=O)N/N=C(/C)c2ccco2)cc1. The van der Waals surface area contributed by atoms with Gasteiger partial charge in [-0.3, -0.25) is 0 Å². The lowest BCUT2D eigenvalue weighted by Gasteiger charge is -2.06. The highest BCUT2D eigenvalue weighted by atomic mass is 32.2. The molecule has 0 aliphatic rings. The summed E-state index contributed by atoms with van der Waals surface area (Å²) in [5, 5.41) is 3.83. The lowest BCUT2D eigenvalue weighted by atomic mass is 10.3. The largest absolute Gasteiger partial charge is 0.494 e. The lowest BCUT2D eigenvalue weighted by molar-refractivity contribution is 0.340. The highest BCUT2D eigenvalue weighted by Crippen LogP contribution is 2.15. The minimum Gasteiger partial charge on any atom is -0.494 e. The van der Waals surface area contributed by atoms with E-state index in [1.54, 1.807) is 31.2 Å². The van der Waals surface area contributed by atoms with E-state index in [2.05, 4.69) is 9.93 Å². The van der Waals surface area contributed by atoms with Gasteiger partial charge in [0.25, 0.3) is 10.0 Å². The molecule has 0 saturated carbocycles. The van der Waals surface area contributed by atoms with E-state index in [0.29, 0.717) is 23.8 Å². The zero-order valence-corrected chi connectivity index (χ0v) is 12.6. The molecule has 0 radical (unpaired) electrons. The van der Waals surface area contributed by atoms with Crippen molar-refractivity contribution in [1.29, 1.82) is 0 Å². The quantitative estimate of drug-likeness (QED) is 0.656. The van der Waals surface area contributed by atoms with Crippen LogP contribution in [0.2, 0.25) is 0 Å². The average molecular weight is 308 g/mol. The summed E-state index contributed by atoms with van der Waals surface area (Å²) in [6, 6.07) is 9.53. The Morgan fingerprint density at radius 3 is 2.57 bits per heavy atom. The maximum absolute atomic E-state index is 12.1. The van der Waals surface area contributed by atoms with Gasteiger partial charge in [-0.1, -0.05) is 0 Å². The molecule has 0 bridgehead atoms. The Labute approximate surface area is 123 Å². The van der Waals surface area contributed by atoms with Crippen LogP contribution >= 0.6 is 0 Å². The summed E-state index contributed by atoms with van der Waals surface area (Å²) >= 11 is 0. The monoisotopic (exact) mass is 308 g/mol. The molecule has 0 unspecified atom stereocenters. The van der Waals surface area contributed by atoms with Crippen molar-refractivity contribution < 1.29 is 17.6 Å². The first-order valence-electron chi connectivity index (χ1n) is 6.36. The van der Waals surface area contributed by atoms with Crippen molar-refractivity contribution in [3.05, 3.63) is 48.4 Å². The summed E-state index contributed by atoms with van der Waals surface area (Å²) in [5.74, 6) is 1.12. The van der Waals surface area contributed by atoms with Gasteiger partial charge in [0.1, 0.15) is 17.2 Å². The zero-order valence-electron chi connectivity index (χ0n) is 11.7. The Morgan fingerprint density at radius 1 is 1.29 bits per heavy atom. The molecule has 0 saturated heterocycles. The molecule has 0 spiro atoms. The Kier molecular flexibility index (Phi) is 4.64. The van der Waals surface area contributed by atoms with Crippen LogP contribution in [0.5, 0.6) is 5.75 Å². The van der Waals surface area contributed by atoms with E-state index in [-0.39, 0.29) is 4.90 Å². The van der Waals surface area contributed by atoms with Crippen molar-refractivity contribution in [2.75, 3.05) is 6.61 Å². The molecule has 1 N–H and O–H groups in total. The summed E-state index contributed by atoms with van der Waals surface area (Å²) in [6.07, 6.45) is 1.50. The second-order valence-electron chi connectivity index (χ2n) is 4.17. The predicted molar refractivity (Wildman–Crippen MR) is 78.9 cm³/mol. The zero-order chi connectivity index (χ0) is 15.3. The number of sulfonamides is 1. The highest BCUT2D eigenvalue weighted by Gasteiger charge is 2.13. The van der Waals surface area contributed by atoms with Crippen molar-refractivity contribution in [1.82, 2.24) is 4.83 Å². The van der Waals surface area contributed by atoms with Gasteiger partial charge in [-0.25, -0.2) is 0 Å². The van der Waals surface area contributed by atoms with Crippen LogP contribution in [0.15, 0.2) is 57.1 Å². The molecule has 2 rings (SSSR count). The summed E-state index contributed by atoms with van der Waals surface area (Å²) in [7, 11) is -3.71. The topological polar surface area (TPSA) is 80.9 Å². The van der Waals surface area contributed by atoms with Gasteiger partial charge in [0.05, 0.1) is 17.8 Å². The number of nitrogens with one attached hydrogen (secondary N) is 1. The second-order valence-corrected chi connectivity index (χ2v) is 5.83. The van der Waals surface area contributed by atoms with E-state index in [4.69, 9.17) is 9.15 Å². The second kappa shape index (κ2) is 6.45. The third-order valence-corrected chi connectivity index (χ3v) is 3.88. The van der Waals surface area contributed by atoms with Crippen molar-refractivity contribution in [2.24, 2.45) is 5.10 Å². The minimum atomic E-state index is -3.71. The minimum absolute atomic E-state index is 0.113. The van der Waals surface area contributed by atoms with E-state index in [9.17, 15) is 8.42 Å². The molecule has 1 aromatic heterocycles. The first-order chi connectivity index (χ1) is 10.0. The van der Waals surface area contributed by atoms with Crippen LogP contribution in [-0.2, 0) is 10.0 Å². The normalized spacial score (nSPS) is 12.2. The van der Waals surface area contributed by atoms with Crippen LogP contribution in [0.1, 0.15) is 19.6 Å². The Hall–Kier alpha value is -2.28. The van der Waals surface area contributed by atoms with Gasteiger partial charge in [-0.2, -0.15) is 18.4 Å². The number of nitrogens with zero attached hydrogens (tertiary/aromatic N) is 1. The van der Waals surface area contributed by atoms with Crippen LogP contribution in [0.4, 0.5) is 0 Å². The van der Waals surface area contributed by atoms with Gasteiger partial charge >= 0.3 is 0 Å². The van der Waals surface area contributed by atoms with Gasteiger partial charge in [-0.15, -0.1) is 0 Å².